The minimum Gasteiger partial charge on any atom is -0.258 e. The summed E-state index contributed by atoms with van der Waals surface area (Å²) in [5.41, 5.74) is 1.04. The molecule has 0 aliphatic rings. The van der Waals surface area contributed by atoms with E-state index in [1.54, 1.807) is 12.1 Å². The van der Waals surface area contributed by atoms with Crippen molar-refractivity contribution < 1.29 is 9.85 Å². The Bertz CT molecular complexity index is 1070. The van der Waals surface area contributed by atoms with Gasteiger partial charge in [-0.15, -0.1) is 0 Å². The molecule has 0 amide bonds. The highest BCUT2D eigenvalue weighted by Crippen LogP contribution is 2.40. The van der Waals surface area contributed by atoms with Gasteiger partial charge in [-0.2, -0.15) is 17.5 Å². The van der Waals surface area contributed by atoms with Crippen LogP contribution in [0.4, 0.5) is 11.4 Å². The fraction of sp³-hybridized carbons (Fsp3) is 0. The number of fused-ring (bicyclic) bond motifs is 2. The molecular weight excluding hydrogens is 388 g/mol. The second-order valence-corrected chi connectivity index (χ2v) is 6.85. The molecule has 0 aliphatic carbocycles. The molecule has 13 heteroatoms. The molecule has 4 rings (SSSR count). The summed E-state index contributed by atoms with van der Waals surface area (Å²) in [4.78, 5) is 22.4. The Labute approximate surface area is 150 Å². The quantitative estimate of drug-likeness (QED) is 0.376. The number of nitro benzene ring substituents is 2. The first-order valence-electron chi connectivity index (χ1n) is 6.53. The Morgan fingerprint density at radius 1 is 0.720 bits per heavy atom. The molecule has 124 valence electrons. The van der Waals surface area contributed by atoms with Crippen LogP contribution in [0.3, 0.4) is 0 Å². The van der Waals surface area contributed by atoms with Crippen LogP contribution < -0.4 is 0 Å². The third-order valence-electron chi connectivity index (χ3n) is 3.33. The molecule has 10 nitrogen and oxygen atoms in total. The lowest BCUT2D eigenvalue weighted by Gasteiger charge is -2.03. The van der Waals surface area contributed by atoms with Crippen LogP contribution in [0, 0.1) is 20.2 Å². The molecule has 0 fully saturated rings. The van der Waals surface area contributed by atoms with Crippen molar-refractivity contribution in [2.45, 2.75) is 9.79 Å². The van der Waals surface area contributed by atoms with Crippen LogP contribution in [-0.2, 0) is 0 Å². The third-order valence-corrected chi connectivity index (χ3v) is 5.48. The topological polar surface area (TPSA) is 138 Å². The van der Waals surface area contributed by atoms with Crippen molar-refractivity contribution in [2.24, 2.45) is 0 Å². The highest BCUT2D eigenvalue weighted by atomic mass is 32.2. The summed E-state index contributed by atoms with van der Waals surface area (Å²) < 4.78 is 16.3. The molecule has 0 spiro atoms. The number of nitrogens with zero attached hydrogens (tertiary/aromatic N) is 6. The Hall–Kier alpha value is -2.77. The summed E-state index contributed by atoms with van der Waals surface area (Å²) in [7, 11) is 0. The zero-order chi connectivity index (χ0) is 17.6. The van der Waals surface area contributed by atoms with Gasteiger partial charge in [-0.3, -0.25) is 20.2 Å². The van der Waals surface area contributed by atoms with E-state index in [1.165, 1.54) is 23.9 Å². The maximum Gasteiger partial charge on any atom is 0.298 e. The molecule has 2 heterocycles. The zero-order valence-electron chi connectivity index (χ0n) is 11.9. The lowest BCUT2D eigenvalue weighted by molar-refractivity contribution is -0.383. The first-order valence-corrected chi connectivity index (χ1v) is 8.81. The van der Waals surface area contributed by atoms with Gasteiger partial charge in [0.2, 0.25) is 0 Å². The van der Waals surface area contributed by atoms with E-state index in [4.69, 9.17) is 0 Å². The van der Waals surface area contributed by atoms with Crippen LogP contribution in [0.2, 0.25) is 0 Å². The van der Waals surface area contributed by atoms with Gasteiger partial charge in [-0.05, 0) is 12.1 Å². The molecule has 4 aromatic rings. The van der Waals surface area contributed by atoms with E-state index >= 15 is 0 Å². The number of benzene rings is 2. The Kier molecular flexibility index (Phi) is 3.74. The second kappa shape index (κ2) is 5.94. The standard InChI is InChI=1S/C12H4N6O4S3/c19-17(20)5-1-3-7(11-9(5)13-24-15-11)23-8-4-2-6(18(21)22)10-12(8)16-25-14-10/h1-4H. The van der Waals surface area contributed by atoms with Gasteiger partial charge < -0.3 is 0 Å². The summed E-state index contributed by atoms with van der Waals surface area (Å²) in [5, 5.41) is 22.2. The summed E-state index contributed by atoms with van der Waals surface area (Å²) in [6, 6.07) is 5.90. The van der Waals surface area contributed by atoms with Crippen LogP contribution in [-0.4, -0.2) is 27.3 Å². The average Bonchev–Trinajstić information content (AvgIpc) is 3.24. The molecule has 2 aromatic heterocycles. The van der Waals surface area contributed by atoms with Crippen LogP contribution >= 0.6 is 35.2 Å². The van der Waals surface area contributed by atoms with Crippen LogP contribution in [0.25, 0.3) is 22.1 Å². The highest BCUT2D eigenvalue weighted by Gasteiger charge is 2.22. The monoisotopic (exact) mass is 392 g/mol. The van der Waals surface area contributed by atoms with Crippen LogP contribution in [0.5, 0.6) is 0 Å². The lowest BCUT2D eigenvalue weighted by atomic mass is 10.2. The smallest absolute Gasteiger partial charge is 0.258 e. The van der Waals surface area contributed by atoms with Gasteiger partial charge in [0.05, 0.1) is 33.3 Å². The Morgan fingerprint density at radius 3 is 1.52 bits per heavy atom. The lowest BCUT2D eigenvalue weighted by Crippen LogP contribution is -1.91. The second-order valence-electron chi connectivity index (χ2n) is 4.70. The molecule has 0 unspecified atom stereocenters. The van der Waals surface area contributed by atoms with E-state index in [2.05, 4.69) is 17.5 Å². The maximum absolute atomic E-state index is 11.1. The molecule has 0 aliphatic heterocycles. The van der Waals surface area contributed by atoms with E-state index in [0.717, 1.165) is 23.5 Å². The summed E-state index contributed by atoms with van der Waals surface area (Å²) in [6.07, 6.45) is 0. The maximum atomic E-state index is 11.1. The molecular formula is C12H4N6O4S3. The van der Waals surface area contributed by atoms with Gasteiger partial charge in [-0.25, -0.2) is 0 Å². The number of hydrogen-bond acceptors (Lipinski definition) is 11. The first-order chi connectivity index (χ1) is 12.1. The van der Waals surface area contributed by atoms with Crippen molar-refractivity contribution in [3.63, 3.8) is 0 Å². The van der Waals surface area contributed by atoms with E-state index in [0.29, 0.717) is 20.8 Å². The number of non-ortho nitro benzene ring substituents is 2. The number of aromatic nitrogens is 4. The molecule has 2 aromatic carbocycles. The van der Waals surface area contributed by atoms with Gasteiger partial charge >= 0.3 is 0 Å². The minimum atomic E-state index is -0.507. The molecule has 0 atom stereocenters. The number of nitro groups is 2. The van der Waals surface area contributed by atoms with Crippen LogP contribution in [0.1, 0.15) is 0 Å². The fourth-order valence-corrected chi connectivity index (χ4v) is 4.48. The normalized spacial score (nSPS) is 11.2. The van der Waals surface area contributed by atoms with Crippen molar-refractivity contribution >= 4 is 68.7 Å². The predicted molar refractivity (Wildman–Crippen MR) is 92.3 cm³/mol. The summed E-state index contributed by atoms with van der Waals surface area (Å²) >= 11 is 3.04. The molecule has 0 saturated carbocycles. The average molecular weight is 392 g/mol. The molecule has 0 radical (unpaired) electrons. The highest BCUT2D eigenvalue weighted by molar-refractivity contribution is 7.99. The van der Waals surface area contributed by atoms with E-state index < -0.39 is 9.85 Å². The van der Waals surface area contributed by atoms with Gasteiger partial charge in [0.15, 0.2) is 11.0 Å². The fourth-order valence-electron chi connectivity index (χ4n) is 2.24. The van der Waals surface area contributed by atoms with Crippen molar-refractivity contribution in [2.75, 3.05) is 0 Å². The van der Waals surface area contributed by atoms with Gasteiger partial charge in [0.25, 0.3) is 11.4 Å². The zero-order valence-corrected chi connectivity index (χ0v) is 14.3. The van der Waals surface area contributed by atoms with E-state index in [-0.39, 0.29) is 22.4 Å². The van der Waals surface area contributed by atoms with Gasteiger partial charge in [0.1, 0.15) is 11.0 Å². The molecule has 25 heavy (non-hydrogen) atoms. The van der Waals surface area contributed by atoms with Crippen molar-refractivity contribution in [3.05, 3.63) is 44.5 Å². The predicted octanol–water partition coefficient (Wildman–Crippen LogP) is 3.66. The Balaban J connectivity index is 1.84. The van der Waals surface area contributed by atoms with E-state index in [9.17, 15) is 20.2 Å². The van der Waals surface area contributed by atoms with Crippen molar-refractivity contribution in [1.29, 1.82) is 0 Å². The van der Waals surface area contributed by atoms with Crippen LogP contribution in [0.15, 0.2) is 34.1 Å². The number of hydrogen-bond donors (Lipinski definition) is 0. The van der Waals surface area contributed by atoms with Crippen molar-refractivity contribution in [1.82, 2.24) is 17.5 Å². The van der Waals surface area contributed by atoms with E-state index in [1.807, 2.05) is 0 Å². The minimum absolute atomic E-state index is 0.114. The first kappa shape index (κ1) is 15.7. The Morgan fingerprint density at radius 2 is 1.12 bits per heavy atom. The number of rotatable bonds is 4. The molecule has 0 saturated heterocycles. The van der Waals surface area contributed by atoms with Gasteiger partial charge in [0, 0.05) is 21.9 Å². The molecule has 0 N–H and O–H groups in total. The van der Waals surface area contributed by atoms with Crippen molar-refractivity contribution in [3.8, 4) is 0 Å². The SMILES string of the molecule is O=[N+]([O-])c1ccc(Sc2ccc([N+](=O)[O-])c3nsnc23)c2nsnc12. The largest absolute Gasteiger partial charge is 0.298 e. The summed E-state index contributed by atoms with van der Waals surface area (Å²) in [6.45, 7) is 0. The van der Waals surface area contributed by atoms with Gasteiger partial charge in [-0.1, -0.05) is 11.8 Å². The summed E-state index contributed by atoms with van der Waals surface area (Å²) in [5.74, 6) is 0. The molecule has 0 bridgehead atoms. The third kappa shape index (κ3) is 2.57.